The van der Waals surface area contributed by atoms with Crippen molar-refractivity contribution in [2.75, 3.05) is 0 Å². The number of amides is 1. The van der Waals surface area contributed by atoms with Crippen LogP contribution < -0.4 is 5.32 Å². The fourth-order valence-electron chi connectivity index (χ4n) is 2.44. The van der Waals surface area contributed by atoms with Gasteiger partial charge in [0, 0.05) is 23.3 Å². The second-order valence-electron chi connectivity index (χ2n) is 5.83. The molecule has 5 heteroatoms. The zero-order valence-electron chi connectivity index (χ0n) is 14.1. The zero-order chi connectivity index (χ0) is 17.8. The van der Waals surface area contributed by atoms with Gasteiger partial charge in [-0.25, -0.2) is 9.97 Å². The van der Waals surface area contributed by atoms with Crippen LogP contribution in [0.3, 0.4) is 0 Å². The van der Waals surface area contributed by atoms with Crippen LogP contribution in [0, 0.1) is 13.8 Å². The van der Waals surface area contributed by atoms with Crippen LogP contribution in [0.5, 0.6) is 0 Å². The largest absolute Gasteiger partial charge is 0.348 e. The highest BCUT2D eigenvalue weighted by molar-refractivity contribution is 6.31. The van der Waals surface area contributed by atoms with Crippen molar-refractivity contribution < 1.29 is 4.79 Å². The molecule has 1 heterocycles. The van der Waals surface area contributed by atoms with Crippen LogP contribution in [0.15, 0.2) is 54.7 Å². The van der Waals surface area contributed by atoms with Gasteiger partial charge in [0.25, 0.3) is 5.91 Å². The third kappa shape index (κ3) is 4.03. The topological polar surface area (TPSA) is 54.9 Å². The van der Waals surface area contributed by atoms with Gasteiger partial charge >= 0.3 is 0 Å². The first-order valence-corrected chi connectivity index (χ1v) is 8.34. The fraction of sp³-hybridized carbons (Fsp3) is 0.150. The fourth-order valence-corrected chi connectivity index (χ4v) is 2.65. The van der Waals surface area contributed by atoms with Crippen LogP contribution >= 0.6 is 11.6 Å². The normalized spacial score (nSPS) is 10.5. The van der Waals surface area contributed by atoms with Crippen molar-refractivity contribution in [3.05, 3.63) is 82.1 Å². The van der Waals surface area contributed by atoms with Crippen molar-refractivity contribution in [1.82, 2.24) is 15.3 Å². The molecule has 0 saturated carbocycles. The predicted molar refractivity (Wildman–Crippen MR) is 99.6 cm³/mol. The first-order valence-electron chi connectivity index (χ1n) is 7.97. The smallest absolute Gasteiger partial charge is 0.254 e. The molecule has 25 heavy (non-hydrogen) atoms. The van der Waals surface area contributed by atoms with E-state index < -0.39 is 0 Å². The number of nitrogens with zero attached hydrogens (tertiary/aromatic N) is 2. The number of hydrogen-bond donors (Lipinski definition) is 1. The summed E-state index contributed by atoms with van der Waals surface area (Å²) in [6.45, 7) is 4.20. The van der Waals surface area contributed by atoms with Crippen LogP contribution in [-0.4, -0.2) is 15.9 Å². The highest BCUT2D eigenvalue weighted by Crippen LogP contribution is 2.18. The van der Waals surface area contributed by atoms with E-state index in [4.69, 9.17) is 11.6 Å². The van der Waals surface area contributed by atoms with E-state index in [-0.39, 0.29) is 5.91 Å². The standard InChI is InChI=1S/C20H18ClN3O/c1-13-7-9-15(10-8-13)19-22-12-17(14(2)24-19)20(25)23-11-16-5-3-4-6-18(16)21/h3-10,12H,11H2,1-2H3,(H,23,25). The Labute approximate surface area is 151 Å². The van der Waals surface area contributed by atoms with E-state index in [1.54, 1.807) is 12.3 Å². The second kappa shape index (κ2) is 7.45. The molecule has 3 aromatic rings. The Kier molecular flexibility index (Phi) is 5.10. The minimum atomic E-state index is -0.215. The van der Waals surface area contributed by atoms with Gasteiger partial charge in [0.1, 0.15) is 0 Å². The van der Waals surface area contributed by atoms with Crippen molar-refractivity contribution in [2.45, 2.75) is 20.4 Å². The highest BCUT2D eigenvalue weighted by atomic mass is 35.5. The van der Waals surface area contributed by atoms with Crippen molar-refractivity contribution in [3.63, 3.8) is 0 Å². The molecule has 0 unspecified atom stereocenters. The highest BCUT2D eigenvalue weighted by Gasteiger charge is 2.13. The minimum Gasteiger partial charge on any atom is -0.348 e. The summed E-state index contributed by atoms with van der Waals surface area (Å²) in [6, 6.07) is 15.4. The Bertz CT molecular complexity index is 907. The lowest BCUT2D eigenvalue weighted by molar-refractivity contribution is 0.0949. The van der Waals surface area contributed by atoms with Crippen LogP contribution in [0.4, 0.5) is 0 Å². The molecule has 0 atom stereocenters. The summed E-state index contributed by atoms with van der Waals surface area (Å²) in [5, 5.41) is 3.49. The SMILES string of the molecule is Cc1ccc(-c2ncc(C(=O)NCc3ccccc3Cl)c(C)n2)cc1. The molecule has 1 amide bonds. The molecular formula is C20H18ClN3O. The second-order valence-corrected chi connectivity index (χ2v) is 6.24. The van der Waals surface area contributed by atoms with Gasteiger partial charge in [-0.05, 0) is 25.5 Å². The third-order valence-corrected chi connectivity index (χ3v) is 4.30. The quantitative estimate of drug-likeness (QED) is 0.760. The molecule has 0 bridgehead atoms. The first-order chi connectivity index (χ1) is 12.0. The molecule has 0 aliphatic rings. The summed E-state index contributed by atoms with van der Waals surface area (Å²) in [5.41, 5.74) is 4.07. The molecule has 0 aliphatic carbocycles. The summed E-state index contributed by atoms with van der Waals surface area (Å²) in [4.78, 5) is 21.2. The van der Waals surface area contributed by atoms with Gasteiger partial charge in [0.05, 0.1) is 11.3 Å². The maximum Gasteiger partial charge on any atom is 0.254 e. The Morgan fingerprint density at radius 2 is 1.80 bits per heavy atom. The van der Waals surface area contributed by atoms with Gasteiger partial charge in [0.2, 0.25) is 0 Å². The Hall–Kier alpha value is -2.72. The molecule has 2 aromatic carbocycles. The molecule has 126 valence electrons. The number of rotatable bonds is 4. The Balaban J connectivity index is 1.75. The number of benzene rings is 2. The van der Waals surface area contributed by atoms with Crippen molar-refractivity contribution in [2.24, 2.45) is 0 Å². The van der Waals surface area contributed by atoms with E-state index in [2.05, 4.69) is 15.3 Å². The lowest BCUT2D eigenvalue weighted by atomic mass is 10.1. The van der Waals surface area contributed by atoms with E-state index in [1.165, 1.54) is 5.56 Å². The number of aromatic nitrogens is 2. The summed E-state index contributed by atoms with van der Waals surface area (Å²) in [7, 11) is 0. The number of carbonyl (C=O) groups is 1. The van der Waals surface area contributed by atoms with Gasteiger partial charge in [-0.3, -0.25) is 4.79 Å². The van der Waals surface area contributed by atoms with Crippen molar-refractivity contribution >= 4 is 17.5 Å². The molecule has 3 rings (SSSR count). The number of halogens is 1. The number of hydrogen-bond acceptors (Lipinski definition) is 3. The van der Waals surface area contributed by atoms with Crippen LogP contribution in [0.1, 0.15) is 27.2 Å². The molecule has 1 aromatic heterocycles. The predicted octanol–water partition coefficient (Wildman–Crippen LogP) is 4.34. The average Bonchev–Trinajstić information content (AvgIpc) is 2.61. The summed E-state index contributed by atoms with van der Waals surface area (Å²) in [6.07, 6.45) is 1.57. The molecule has 0 spiro atoms. The molecule has 0 saturated heterocycles. The molecular weight excluding hydrogens is 334 g/mol. The number of nitrogens with one attached hydrogen (secondary N) is 1. The van der Waals surface area contributed by atoms with E-state index in [9.17, 15) is 4.79 Å². The average molecular weight is 352 g/mol. The maximum atomic E-state index is 12.4. The lowest BCUT2D eigenvalue weighted by Crippen LogP contribution is -2.24. The van der Waals surface area contributed by atoms with Gasteiger partial charge in [0.15, 0.2) is 5.82 Å². The van der Waals surface area contributed by atoms with Crippen LogP contribution in [0.25, 0.3) is 11.4 Å². The van der Waals surface area contributed by atoms with Crippen molar-refractivity contribution in [3.8, 4) is 11.4 Å². The summed E-state index contributed by atoms with van der Waals surface area (Å²) >= 11 is 6.11. The van der Waals surface area contributed by atoms with Crippen LogP contribution in [-0.2, 0) is 6.54 Å². The van der Waals surface area contributed by atoms with E-state index in [1.807, 2.05) is 56.3 Å². The summed E-state index contributed by atoms with van der Waals surface area (Å²) < 4.78 is 0. The Morgan fingerprint density at radius 1 is 1.08 bits per heavy atom. The van der Waals surface area contributed by atoms with Gasteiger partial charge in [-0.2, -0.15) is 0 Å². The van der Waals surface area contributed by atoms with E-state index >= 15 is 0 Å². The van der Waals surface area contributed by atoms with Gasteiger partial charge < -0.3 is 5.32 Å². The first kappa shape index (κ1) is 17.1. The number of aryl methyl sites for hydroxylation is 2. The van der Waals surface area contributed by atoms with Crippen molar-refractivity contribution in [1.29, 1.82) is 0 Å². The Morgan fingerprint density at radius 3 is 2.48 bits per heavy atom. The molecule has 0 aliphatic heterocycles. The molecule has 4 nitrogen and oxygen atoms in total. The monoisotopic (exact) mass is 351 g/mol. The maximum absolute atomic E-state index is 12.4. The molecule has 0 fully saturated rings. The van der Waals surface area contributed by atoms with Gasteiger partial charge in [-0.15, -0.1) is 0 Å². The summed E-state index contributed by atoms with van der Waals surface area (Å²) in [5.74, 6) is 0.396. The van der Waals surface area contributed by atoms with E-state index in [0.29, 0.717) is 28.6 Å². The zero-order valence-corrected chi connectivity index (χ0v) is 14.8. The molecule has 0 radical (unpaired) electrons. The lowest BCUT2D eigenvalue weighted by Gasteiger charge is -2.09. The van der Waals surface area contributed by atoms with Gasteiger partial charge in [-0.1, -0.05) is 59.6 Å². The molecule has 1 N–H and O–H groups in total. The number of carbonyl (C=O) groups excluding carboxylic acids is 1. The third-order valence-electron chi connectivity index (χ3n) is 3.93. The minimum absolute atomic E-state index is 0.215. The van der Waals surface area contributed by atoms with Crippen LogP contribution in [0.2, 0.25) is 5.02 Å². The van der Waals surface area contributed by atoms with E-state index in [0.717, 1.165) is 11.1 Å².